The summed E-state index contributed by atoms with van der Waals surface area (Å²) in [5.41, 5.74) is 3.65. The first kappa shape index (κ1) is 10.7. The molecule has 1 aliphatic rings. The molecule has 3 aromatic rings. The molecule has 0 aliphatic heterocycles. The van der Waals surface area contributed by atoms with Gasteiger partial charge < -0.3 is 0 Å². The summed E-state index contributed by atoms with van der Waals surface area (Å²) in [6, 6.07) is 10.1. The van der Waals surface area contributed by atoms with Crippen molar-refractivity contribution in [2.75, 3.05) is 0 Å². The molecule has 0 radical (unpaired) electrons. The van der Waals surface area contributed by atoms with Crippen LogP contribution in [0.2, 0.25) is 0 Å². The first-order chi connectivity index (χ1) is 9.42. The Morgan fingerprint density at radius 3 is 2.74 bits per heavy atom. The molecule has 0 atom stereocenters. The van der Waals surface area contributed by atoms with Crippen molar-refractivity contribution in [3.05, 3.63) is 47.8 Å². The van der Waals surface area contributed by atoms with E-state index in [-0.39, 0.29) is 0 Å². The Balaban J connectivity index is 1.92. The lowest BCUT2D eigenvalue weighted by Gasteiger charge is -2.14. The molecule has 2 heterocycles. The molecule has 94 valence electrons. The second kappa shape index (κ2) is 4.16. The van der Waals surface area contributed by atoms with E-state index < -0.39 is 0 Å². The van der Waals surface area contributed by atoms with Crippen LogP contribution in [0.3, 0.4) is 0 Å². The minimum absolute atomic E-state index is 0.708. The van der Waals surface area contributed by atoms with Gasteiger partial charge in [0.25, 0.3) is 5.78 Å². The zero-order valence-corrected chi connectivity index (χ0v) is 10.6. The Labute approximate surface area is 111 Å². The molecule has 0 amide bonds. The first-order valence-corrected chi connectivity index (χ1v) is 6.71. The molecule has 0 spiro atoms. The van der Waals surface area contributed by atoms with E-state index in [1.807, 2.05) is 41.0 Å². The molecule has 0 saturated carbocycles. The third-order valence-corrected chi connectivity index (χ3v) is 3.69. The van der Waals surface area contributed by atoms with Crippen LogP contribution in [0.5, 0.6) is 0 Å². The molecule has 2 aromatic heterocycles. The number of aryl methyl sites for hydroxylation is 2. The molecule has 0 bridgehead atoms. The van der Waals surface area contributed by atoms with Crippen LogP contribution in [-0.2, 0) is 12.8 Å². The van der Waals surface area contributed by atoms with Gasteiger partial charge in [0.1, 0.15) is 0 Å². The monoisotopic (exact) mass is 250 g/mol. The van der Waals surface area contributed by atoms with Gasteiger partial charge in [0.15, 0.2) is 5.82 Å². The smallest absolute Gasteiger partial charge is 0.219 e. The van der Waals surface area contributed by atoms with Crippen molar-refractivity contribution in [2.45, 2.75) is 25.7 Å². The van der Waals surface area contributed by atoms with Gasteiger partial charge in [0.05, 0.1) is 5.69 Å². The van der Waals surface area contributed by atoms with Crippen LogP contribution in [-0.4, -0.2) is 19.6 Å². The van der Waals surface area contributed by atoms with E-state index in [0.29, 0.717) is 5.78 Å². The Morgan fingerprint density at radius 1 is 1.00 bits per heavy atom. The van der Waals surface area contributed by atoms with Crippen molar-refractivity contribution in [1.29, 1.82) is 0 Å². The fraction of sp³-hybridized carbons (Fsp3) is 0.267. The average molecular weight is 250 g/mol. The second-order valence-corrected chi connectivity index (χ2v) is 4.95. The molecule has 0 unspecified atom stereocenters. The van der Waals surface area contributed by atoms with Crippen molar-refractivity contribution < 1.29 is 0 Å². The van der Waals surface area contributed by atoms with E-state index in [0.717, 1.165) is 24.2 Å². The number of hydrogen-bond donors (Lipinski definition) is 0. The van der Waals surface area contributed by atoms with Gasteiger partial charge >= 0.3 is 0 Å². The lowest BCUT2D eigenvalue weighted by molar-refractivity contribution is 0.640. The molecule has 0 N–H and O–H groups in total. The summed E-state index contributed by atoms with van der Waals surface area (Å²) < 4.78 is 1.93. The Morgan fingerprint density at radius 2 is 1.84 bits per heavy atom. The van der Waals surface area contributed by atoms with Crippen molar-refractivity contribution in [1.82, 2.24) is 19.6 Å². The topological polar surface area (TPSA) is 43.1 Å². The van der Waals surface area contributed by atoms with E-state index in [2.05, 4.69) is 15.1 Å². The molecule has 4 rings (SSSR count). The van der Waals surface area contributed by atoms with Crippen molar-refractivity contribution in [2.24, 2.45) is 0 Å². The van der Waals surface area contributed by atoms with Crippen molar-refractivity contribution >= 4 is 5.78 Å². The van der Waals surface area contributed by atoms with Gasteiger partial charge in [-0.05, 0) is 31.2 Å². The lowest BCUT2D eigenvalue weighted by Crippen LogP contribution is -2.10. The Kier molecular flexibility index (Phi) is 2.33. The highest BCUT2D eigenvalue weighted by Gasteiger charge is 2.16. The highest BCUT2D eigenvalue weighted by molar-refractivity contribution is 5.56. The molecule has 19 heavy (non-hydrogen) atoms. The summed E-state index contributed by atoms with van der Waals surface area (Å²) in [4.78, 5) is 8.96. The highest BCUT2D eigenvalue weighted by atomic mass is 15.3. The number of nitrogens with zero attached hydrogens (tertiary/aromatic N) is 4. The molecule has 4 heteroatoms. The molecule has 1 aliphatic carbocycles. The van der Waals surface area contributed by atoms with E-state index >= 15 is 0 Å². The quantitative estimate of drug-likeness (QED) is 0.667. The van der Waals surface area contributed by atoms with Gasteiger partial charge in [-0.1, -0.05) is 30.3 Å². The van der Waals surface area contributed by atoms with E-state index in [9.17, 15) is 0 Å². The molecular weight excluding hydrogens is 236 g/mol. The van der Waals surface area contributed by atoms with Crippen LogP contribution in [0, 0.1) is 0 Å². The fourth-order valence-corrected chi connectivity index (χ4v) is 2.71. The first-order valence-electron chi connectivity index (χ1n) is 6.71. The summed E-state index contributed by atoms with van der Waals surface area (Å²) in [6.07, 6.45) is 6.63. The van der Waals surface area contributed by atoms with Crippen molar-refractivity contribution in [3.63, 3.8) is 0 Å². The maximum Gasteiger partial charge on any atom is 0.252 e. The maximum atomic E-state index is 4.64. The van der Waals surface area contributed by atoms with E-state index in [1.54, 1.807) is 0 Å². The predicted molar refractivity (Wildman–Crippen MR) is 72.9 cm³/mol. The van der Waals surface area contributed by atoms with Crippen LogP contribution in [0.4, 0.5) is 0 Å². The average Bonchev–Trinajstić information content (AvgIpc) is 2.93. The van der Waals surface area contributed by atoms with Gasteiger partial charge in [-0.3, -0.25) is 0 Å². The predicted octanol–water partition coefficient (Wildman–Crippen LogP) is 2.67. The molecular formula is C15H14N4. The largest absolute Gasteiger partial charge is 0.252 e. The Bertz CT molecular complexity index is 730. The summed E-state index contributed by atoms with van der Waals surface area (Å²) in [6.45, 7) is 0. The number of fused-ring (bicyclic) bond motifs is 3. The molecule has 0 saturated heterocycles. The van der Waals surface area contributed by atoms with Crippen LogP contribution in [0.25, 0.3) is 17.2 Å². The second-order valence-electron chi connectivity index (χ2n) is 4.95. The van der Waals surface area contributed by atoms with Crippen LogP contribution < -0.4 is 0 Å². The zero-order chi connectivity index (χ0) is 12.7. The van der Waals surface area contributed by atoms with Gasteiger partial charge in [0, 0.05) is 11.8 Å². The number of benzene rings is 1. The standard InChI is InChI=1S/C15H14N4/c1-2-6-11(7-3-1)14-17-15-16-10-12-8-4-5-9-13(12)19(15)18-14/h1-3,6-7,10H,4-5,8-9H2. The Hall–Kier alpha value is -2.23. The van der Waals surface area contributed by atoms with Gasteiger partial charge in [-0.2, -0.15) is 4.98 Å². The summed E-state index contributed by atoms with van der Waals surface area (Å²) >= 11 is 0. The molecule has 4 nitrogen and oxygen atoms in total. The molecule has 0 fully saturated rings. The van der Waals surface area contributed by atoms with E-state index in [4.69, 9.17) is 0 Å². The third-order valence-electron chi connectivity index (χ3n) is 3.69. The van der Waals surface area contributed by atoms with E-state index in [1.165, 1.54) is 24.1 Å². The zero-order valence-electron chi connectivity index (χ0n) is 10.6. The minimum Gasteiger partial charge on any atom is -0.219 e. The summed E-state index contributed by atoms with van der Waals surface area (Å²) in [5.74, 6) is 1.46. The normalized spacial score (nSPS) is 14.5. The molecule has 1 aromatic carbocycles. The number of rotatable bonds is 1. The minimum atomic E-state index is 0.708. The number of hydrogen-bond acceptors (Lipinski definition) is 3. The van der Waals surface area contributed by atoms with Gasteiger partial charge in [-0.15, -0.1) is 5.10 Å². The highest BCUT2D eigenvalue weighted by Crippen LogP contribution is 2.22. The van der Waals surface area contributed by atoms with Crippen LogP contribution in [0.1, 0.15) is 24.1 Å². The third kappa shape index (κ3) is 1.71. The summed E-state index contributed by atoms with van der Waals surface area (Å²) in [7, 11) is 0. The van der Waals surface area contributed by atoms with Gasteiger partial charge in [0.2, 0.25) is 0 Å². The SMILES string of the molecule is c1ccc(-c2nc3ncc4c(n3n2)CCCC4)cc1. The fourth-order valence-electron chi connectivity index (χ4n) is 2.71. The lowest BCUT2D eigenvalue weighted by atomic mass is 9.98. The van der Waals surface area contributed by atoms with Crippen LogP contribution in [0.15, 0.2) is 36.5 Å². The maximum absolute atomic E-state index is 4.64. The van der Waals surface area contributed by atoms with Crippen LogP contribution >= 0.6 is 0 Å². The van der Waals surface area contributed by atoms with Crippen molar-refractivity contribution in [3.8, 4) is 11.4 Å². The van der Waals surface area contributed by atoms with Gasteiger partial charge in [-0.25, -0.2) is 9.50 Å². The summed E-state index contributed by atoms with van der Waals surface area (Å²) in [5, 5.41) is 4.64. The number of aromatic nitrogens is 4.